The first-order chi connectivity index (χ1) is 27.2. The number of carbonyl (C=O) groups is 7. The van der Waals surface area contributed by atoms with Crippen LogP contribution in [0.1, 0.15) is 72.8 Å². The third kappa shape index (κ3) is 17.9. The van der Waals surface area contributed by atoms with Gasteiger partial charge in [0, 0.05) is 13.0 Å². The summed E-state index contributed by atoms with van der Waals surface area (Å²) >= 11 is 0. The number of aliphatic imine (C=N–C) groups is 1. The van der Waals surface area contributed by atoms with Crippen LogP contribution in [0.2, 0.25) is 0 Å². The van der Waals surface area contributed by atoms with Crippen molar-refractivity contribution in [3.63, 3.8) is 0 Å². The highest BCUT2D eigenvalue weighted by Gasteiger charge is 2.35. The van der Waals surface area contributed by atoms with E-state index in [0.717, 1.165) is 0 Å². The number of nitrogens with one attached hydrogen (secondary N) is 6. The summed E-state index contributed by atoms with van der Waals surface area (Å²) in [5, 5.41) is 35.0. The molecule has 0 bridgehead atoms. The quantitative estimate of drug-likeness (QED) is 0.0249. The summed E-state index contributed by atoms with van der Waals surface area (Å²) < 4.78 is 0. The van der Waals surface area contributed by atoms with Gasteiger partial charge in [-0.25, -0.2) is 0 Å². The van der Waals surface area contributed by atoms with Crippen molar-refractivity contribution in [3.8, 4) is 0 Å². The molecule has 8 atom stereocenters. The molecule has 0 aliphatic rings. The van der Waals surface area contributed by atoms with E-state index in [1.807, 2.05) is 20.8 Å². The average molecular weight is 820 g/mol. The van der Waals surface area contributed by atoms with Crippen LogP contribution < -0.4 is 54.8 Å². The van der Waals surface area contributed by atoms with E-state index in [9.17, 15) is 43.8 Å². The molecule has 0 saturated carbocycles. The Morgan fingerprint density at radius 3 is 1.62 bits per heavy atom. The minimum absolute atomic E-state index is 0.0473. The molecule has 7 amide bonds. The van der Waals surface area contributed by atoms with E-state index < -0.39 is 103 Å². The number of amides is 7. The van der Waals surface area contributed by atoms with Crippen molar-refractivity contribution in [2.45, 2.75) is 116 Å². The van der Waals surface area contributed by atoms with Crippen molar-refractivity contribution in [1.29, 1.82) is 0 Å². The zero-order chi connectivity index (χ0) is 44.1. The van der Waals surface area contributed by atoms with E-state index in [2.05, 4.69) is 36.9 Å². The van der Waals surface area contributed by atoms with Crippen molar-refractivity contribution >= 4 is 47.3 Å². The maximum absolute atomic E-state index is 14.0. The fourth-order valence-electron chi connectivity index (χ4n) is 5.69. The number of primary amides is 1. The summed E-state index contributed by atoms with van der Waals surface area (Å²) in [6.45, 7) is 8.94. The largest absolute Gasteiger partial charge is 0.394 e. The second kappa shape index (κ2) is 25.8. The molecule has 1 aromatic rings. The van der Waals surface area contributed by atoms with E-state index in [-0.39, 0.29) is 43.6 Å². The zero-order valence-electron chi connectivity index (χ0n) is 34.3. The molecule has 0 heterocycles. The molecule has 0 aromatic heterocycles. The number of benzene rings is 1. The van der Waals surface area contributed by atoms with E-state index in [1.54, 1.807) is 51.1 Å². The lowest BCUT2D eigenvalue weighted by Crippen LogP contribution is -2.61. The molecule has 20 heteroatoms. The number of nitrogens with zero attached hydrogens (tertiary/aromatic N) is 1. The number of rotatable bonds is 26. The molecule has 0 fully saturated rings. The zero-order valence-corrected chi connectivity index (χ0v) is 34.3. The molecule has 0 unspecified atom stereocenters. The first-order valence-electron chi connectivity index (χ1n) is 19.4. The van der Waals surface area contributed by atoms with Gasteiger partial charge < -0.3 is 65.0 Å². The normalized spacial score (nSPS) is 15.3. The van der Waals surface area contributed by atoms with Gasteiger partial charge in [-0.15, -0.1) is 0 Å². The monoisotopic (exact) mass is 819 g/mol. The highest BCUT2D eigenvalue weighted by Crippen LogP contribution is 2.11. The predicted molar refractivity (Wildman–Crippen MR) is 217 cm³/mol. The van der Waals surface area contributed by atoms with Crippen LogP contribution in [-0.4, -0.2) is 120 Å². The fourth-order valence-corrected chi connectivity index (χ4v) is 5.69. The van der Waals surface area contributed by atoms with Gasteiger partial charge in [-0.1, -0.05) is 78.3 Å². The summed E-state index contributed by atoms with van der Waals surface area (Å²) in [6, 6.07) is -0.341. The molecule has 1 rings (SSSR count). The molecule has 0 saturated heterocycles. The lowest BCUT2D eigenvalue weighted by molar-refractivity contribution is -0.136. The van der Waals surface area contributed by atoms with E-state index >= 15 is 0 Å². The van der Waals surface area contributed by atoms with E-state index in [0.29, 0.717) is 18.4 Å². The lowest BCUT2D eigenvalue weighted by Gasteiger charge is -2.29. The van der Waals surface area contributed by atoms with Crippen LogP contribution in [0.3, 0.4) is 0 Å². The second-order valence-corrected chi connectivity index (χ2v) is 15.0. The van der Waals surface area contributed by atoms with Gasteiger partial charge in [0.1, 0.15) is 36.3 Å². The number of hydrogen-bond donors (Lipinski definition) is 12. The van der Waals surface area contributed by atoms with Crippen molar-refractivity contribution in [2.75, 3.05) is 19.8 Å². The fraction of sp³-hybridized carbons (Fsp3) is 0.632. The molecule has 0 aliphatic heterocycles. The van der Waals surface area contributed by atoms with Crippen LogP contribution in [0.25, 0.3) is 0 Å². The Bertz CT molecular complexity index is 1540. The Morgan fingerprint density at radius 2 is 1.14 bits per heavy atom. The Hall–Kier alpha value is -5.34. The maximum atomic E-state index is 14.0. The van der Waals surface area contributed by atoms with Crippen molar-refractivity contribution in [2.24, 2.45) is 45.7 Å². The number of guanidine groups is 1. The summed E-state index contributed by atoms with van der Waals surface area (Å²) in [7, 11) is 0. The minimum Gasteiger partial charge on any atom is -0.394 e. The van der Waals surface area contributed by atoms with Crippen molar-refractivity contribution < 1.29 is 43.8 Å². The predicted octanol–water partition coefficient (Wildman–Crippen LogP) is -3.26. The van der Waals surface area contributed by atoms with Gasteiger partial charge in [0.05, 0.1) is 19.3 Å². The smallest absolute Gasteiger partial charge is 0.245 e. The molecule has 0 radical (unpaired) electrons. The summed E-state index contributed by atoms with van der Waals surface area (Å²) in [4.78, 5) is 96.4. The van der Waals surface area contributed by atoms with Crippen LogP contribution >= 0.6 is 0 Å². The van der Waals surface area contributed by atoms with Gasteiger partial charge in [0.2, 0.25) is 41.4 Å². The van der Waals surface area contributed by atoms with Crippen LogP contribution in [0.4, 0.5) is 0 Å². The van der Waals surface area contributed by atoms with Gasteiger partial charge in [-0.2, -0.15) is 0 Å². The molecule has 0 spiro atoms. The summed E-state index contributed by atoms with van der Waals surface area (Å²) in [6.07, 6.45) is 1.05. The maximum Gasteiger partial charge on any atom is 0.245 e. The van der Waals surface area contributed by atoms with Crippen molar-refractivity contribution in [1.82, 2.24) is 31.9 Å². The number of hydrogen-bond acceptors (Lipinski definition) is 11. The van der Waals surface area contributed by atoms with Gasteiger partial charge >= 0.3 is 0 Å². The van der Waals surface area contributed by atoms with Gasteiger partial charge in [0.15, 0.2) is 5.96 Å². The Kier molecular flexibility index (Phi) is 22.6. The van der Waals surface area contributed by atoms with Gasteiger partial charge in [0.25, 0.3) is 0 Å². The first kappa shape index (κ1) is 50.7. The molecule has 1 aromatic carbocycles. The van der Waals surface area contributed by atoms with E-state index in [4.69, 9.17) is 22.9 Å². The average Bonchev–Trinajstić information content (AvgIpc) is 3.16. The molecule has 326 valence electrons. The van der Waals surface area contributed by atoms with Crippen LogP contribution in [0.5, 0.6) is 0 Å². The third-order valence-electron chi connectivity index (χ3n) is 9.25. The molecular weight excluding hydrogens is 754 g/mol. The Labute approximate surface area is 339 Å². The molecule has 0 aliphatic carbocycles. The van der Waals surface area contributed by atoms with Crippen molar-refractivity contribution in [3.05, 3.63) is 35.9 Å². The molecule has 58 heavy (non-hydrogen) atoms. The van der Waals surface area contributed by atoms with Crippen LogP contribution in [-0.2, 0) is 40.0 Å². The SMILES string of the molecule is CC[C@H](C)[C@H](NC(=O)[C@H](CCCN=C(N)N)NC(=O)[C@H](NC(=O)[C@H](Cc1ccccc1)NC(=O)[C@H](CO)NC(=O)[C@@H](CO)NC(=O)[C@@H](N)CC(C)C)C(C)C)C(N)=O. The standard InChI is InChI=1S/C38H65N11O9/c1-7-22(6)30(31(40)52)49-33(54)25(14-11-15-43-38(41)42)44-37(58)29(21(4)5)48-34(55)26(17-23-12-9-8-10-13-23)45-35(56)28(19-51)47-36(57)27(18-50)46-32(53)24(39)16-20(2)3/h8-10,12-13,20-22,24-30,50-51H,7,11,14-19,39H2,1-6H3,(H2,40,52)(H,44,58)(H,45,56)(H,46,53)(H,47,57)(H,48,55)(H,49,54)(H4,41,42,43)/t22-,24-,25-,26-,27+,28-,29+,30-/m0/s1. The molecular formula is C38H65N11O9. The first-order valence-corrected chi connectivity index (χ1v) is 19.4. The Morgan fingerprint density at radius 1 is 0.655 bits per heavy atom. The highest BCUT2D eigenvalue weighted by molar-refractivity contribution is 5.97. The number of carbonyl (C=O) groups excluding carboxylic acids is 7. The minimum atomic E-state index is -1.63. The van der Waals surface area contributed by atoms with Crippen LogP contribution in [0.15, 0.2) is 35.3 Å². The summed E-state index contributed by atoms with van der Waals surface area (Å²) in [5.74, 6) is -6.64. The van der Waals surface area contributed by atoms with Crippen LogP contribution in [0, 0.1) is 17.8 Å². The van der Waals surface area contributed by atoms with E-state index in [1.165, 1.54) is 0 Å². The van der Waals surface area contributed by atoms with Gasteiger partial charge in [-0.05, 0) is 42.6 Å². The number of aliphatic hydroxyl groups is 2. The Balaban J connectivity index is 3.32. The lowest BCUT2D eigenvalue weighted by atomic mass is 9.97. The third-order valence-corrected chi connectivity index (χ3v) is 9.25. The highest BCUT2D eigenvalue weighted by atomic mass is 16.3. The molecule has 20 nitrogen and oxygen atoms in total. The van der Waals surface area contributed by atoms with Gasteiger partial charge in [-0.3, -0.25) is 38.6 Å². The number of nitrogens with two attached hydrogens (primary N) is 4. The number of aliphatic hydroxyl groups excluding tert-OH is 2. The topological polar surface area (TPSA) is 349 Å². The second-order valence-electron chi connectivity index (χ2n) is 15.0. The summed E-state index contributed by atoms with van der Waals surface area (Å²) in [5.41, 5.74) is 22.9. The molecule has 16 N–H and O–H groups in total.